The Morgan fingerprint density at radius 1 is 0.342 bits per heavy atom. The molecule has 38 heavy (non-hydrogen) atoms. The molecule has 0 radical (unpaired) electrons. The normalized spacial score (nSPS) is 13.4. The van der Waals surface area contributed by atoms with Crippen LogP contribution in [0.5, 0.6) is 0 Å². The Kier molecular flexibility index (Phi) is 5.41. The van der Waals surface area contributed by atoms with E-state index in [1.807, 2.05) is 0 Å². The van der Waals surface area contributed by atoms with Crippen LogP contribution in [0.25, 0.3) is 11.1 Å². The van der Waals surface area contributed by atoms with Gasteiger partial charge in [0.05, 0.1) is 16.8 Å². The highest BCUT2D eigenvalue weighted by atomic mass is 15.2. The number of nitrogens with zero attached hydrogens (tertiary/aromatic N) is 1. The molecule has 6 aromatic rings. The molecular formula is C37H27N. The van der Waals surface area contributed by atoms with Gasteiger partial charge in [0, 0.05) is 5.69 Å². The third-order valence-corrected chi connectivity index (χ3v) is 7.74. The first-order chi connectivity index (χ1) is 18.9. The number of fused-ring (bicyclic) bond motifs is 2. The number of rotatable bonds is 4. The summed E-state index contributed by atoms with van der Waals surface area (Å²) in [5.74, 6) is 0. The molecule has 1 heterocycles. The number of anilines is 3. The van der Waals surface area contributed by atoms with Gasteiger partial charge in [0.25, 0.3) is 0 Å². The van der Waals surface area contributed by atoms with Crippen molar-refractivity contribution in [1.29, 1.82) is 0 Å². The van der Waals surface area contributed by atoms with Gasteiger partial charge >= 0.3 is 0 Å². The van der Waals surface area contributed by atoms with Gasteiger partial charge < -0.3 is 4.90 Å². The molecule has 0 fully saturated rings. The standard InChI is InChI=1S/C37H27N/c1-4-14-28(15-5-1)29-24-26-32(27-25-29)38-35-22-12-10-20-33(35)37(30-16-6-2-7-17-30,31-18-8-3-9-19-31)34-21-11-13-23-36(34)38/h1-27H. The van der Waals surface area contributed by atoms with Crippen LogP contribution in [-0.2, 0) is 5.41 Å². The Balaban J connectivity index is 1.50. The predicted octanol–water partition coefficient (Wildman–Crippen LogP) is 9.52. The molecule has 0 atom stereocenters. The molecule has 0 N–H and O–H groups in total. The molecule has 180 valence electrons. The Morgan fingerprint density at radius 2 is 0.737 bits per heavy atom. The molecule has 0 spiro atoms. The Hall–Kier alpha value is -4.88. The maximum atomic E-state index is 2.42. The lowest BCUT2D eigenvalue weighted by atomic mass is 9.62. The van der Waals surface area contributed by atoms with Crippen LogP contribution in [0.15, 0.2) is 164 Å². The first-order valence-electron chi connectivity index (χ1n) is 13.1. The second-order valence-electron chi connectivity index (χ2n) is 9.76. The Labute approximate surface area is 224 Å². The van der Waals surface area contributed by atoms with E-state index < -0.39 is 5.41 Å². The third kappa shape index (κ3) is 3.40. The lowest BCUT2D eigenvalue weighted by molar-refractivity contribution is 0.731. The van der Waals surface area contributed by atoms with Crippen LogP contribution in [0, 0.1) is 0 Å². The highest BCUT2D eigenvalue weighted by Crippen LogP contribution is 2.57. The van der Waals surface area contributed by atoms with Crippen molar-refractivity contribution in [3.8, 4) is 11.1 Å². The fourth-order valence-corrected chi connectivity index (χ4v) is 6.12. The summed E-state index contributed by atoms with van der Waals surface area (Å²) in [6, 6.07) is 59.2. The highest BCUT2D eigenvalue weighted by Gasteiger charge is 2.46. The highest BCUT2D eigenvalue weighted by molar-refractivity contribution is 5.89. The van der Waals surface area contributed by atoms with Crippen LogP contribution >= 0.6 is 0 Å². The molecule has 1 aliphatic heterocycles. The van der Waals surface area contributed by atoms with Gasteiger partial charge in [-0.3, -0.25) is 0 Å². The van der Waals surface area contributed by atoms with Crippen LogP contribution in [0.4, 0.5) is 17.1 Å². The van der Waals surface area contributed by atoms with Crippen LogP contribution in [0.1, 0.15) is 22.3 Å². The molecule has 1 heteroatoms. The van der Waals surface area contributed by atoms with Crippen molar-refractivity contribution in [2.24, 2.45) is 0 Å². The van der Waals surface area contributed by atoms with E-state index in [2.05, 4.69) is 169 Å². The van der Waals surface area contributed by atoms with Crippen molar-refractivity contribution in [3.63, 3.8) is 0 Å². The van der Waals surface area contributed by atoms with Gasteiger partial charge in [0.2, 0.25) is 0 Å². The van der Waals surface area contributed by atoms with Crippen molar-refractivity contribution >= 4 is 17.1 Å². The minimum atomic E-state index is -0.434. The lowest BCUT2D eigenvalue weighted by Crippen LogP contribution is -2.37. The maximum Gasteiger partial charge on any atom is 0.0742 e. The van der Waals surface area contributed by atoms with Crippen LogP contribution in [-0.4, -0.2) is 0 Å². The quantitative estimate of drug-likeness (QED) is 0.240. The first kappa shape index (κ1) is 22.3. The van der Waals surface area contributed by atoms with Crippen LogP contribution in [0.2, 0.25) is 0 Å². The second kappa shape index (κ2) is 9.21. The zero-order valence-corrected chi connectivity index (χ0v) is 21.0. The molecule has 0 aliphatic carbocycles. The Morgan fingerprint density at radius 3 is 1.24 bits per heavy atom. The molecule has 0 bridgehead atoms. The first-order valence-corrected chi connectivity index (χ1v) is 13.1. The smallest absolute Gasteiger partial charge is 0.0742 e. The average molecular weight is 486 g/mol. The van der Waals surface area contributed by atoms with Crippen molar-refractivity contribution in [2.75, 3.05) is 4.90 Å². The largest absolute Gasteiger partial charge is 0.310 e. The minimum absolute atomic E-state index is 0.434. The van der Waals surface area contributed by atoms with Crippen LogP contribution in [0.3, 0.4) is 0 Å². The van der Waals surface area contributed by atoms with Crippen molar-refractivity contribution in [2.45, 2.75) is 5.41 Å². The van der Waals surface area contributed by atoms with E-state index in [9.17, 15) is 0 Å². The average Bonchev–Trinajstić information content (AvgIpc) is 3.01. The Bertz CT molecular complexity index is 1600. The fraction of sp³-hybridized carbons (Fsp3) is 0.0270. The molecule has 0 saturated carbocycles. The topological polar surface area (TPSA) is 3.24 Å². The summed E-state index contributed by atoms with van der Waals surface area (Å²) in [4.78, 5) is 2.42. The summed E-state index contributed by atoms with van der Waals surface area (Å²) in [5.41, 5.74) is 10.7. The molecule has 1 aliphatic rings. The van der Waals surface area contributed by atoms with Gasteiger partial charge in [-0.1, -0.05) is 140 Å². The molecule has 1 nitrogen and oxygen atoms in total. The number of hydrogen-bond acceptors (Lipinski definition) is 1. The SMILES string of the molecule is c1ccc(-c2ccc(N3c4ccccc4C(c4ccccc4)(c4ccccc4)c4ccccc43)cc2)cc1. The van der Waals surface area contributed by atoms with Gasteiger partial charge in [0.1, 0.15) is 0 Å². The van der Waals surface area contributed by atoms with E-state index in [1.54, 1.807) is 0 Å². The third-order valence-electron chi connectivity index (χ3n) is 7.74. The zero-order valence-electron chi connectivity index (χ0n) is 21.0. The van der Waals surface area contributed by atoms with E-state index in [0.717, 1.165) is 5.69 Å². The summed E-state index contributed by atoms with van der Waals surface area (Å²) in [6.45, 7) is 0. The van der Waals surface area contributed by atoms with Gasteiger partial charge in [-0.25, -0.2) is 0 Å². The number of para-hydroxylation sites is 2. The fourth-order valence-electron chi connectivity index (χ4n) is 6.12. The maximum absolute atomic E-state index is 2.42. The minimum Gasteiger partial charge on any atom is -0.310 e. The van der Waals surface area contributed by atoms with Crippen molar-refractivity contribution < 1.29 is 0 Å². The molecule has 0 aromatic heterocycles. The predicted molar refractivity (Wildman–Crippen MR) is 158 cm³/mol. The van der Waals surface area contributed by atoms with Gasteiger partial charge in [-0.2, -0.15) is 0 Å². The molecular weight excluding hydrogens is 458 g/mol. The van der Waals surface area contributed by atoms with E-state index in [4.69, 9.17) is 0 Å². The van der Waals surface area contributed by atoms with Crippen molar-refractivity contribution in [1.82, 2.24) is 0 Å². The van der Waals surface area contributed by atoms with E-state index >= 15 is 0 Å². The van der Waals surface area contributed by atoms with Gasteiger partial charge in [-0.05, 0) is 57.6 Å². The molecule has 0 unspecified atom stereocenters. The second-order valence-corrected chi connectivity index (χ2v) is 9.76. The lowest BCUT2D eigenvalue weighted by Gasteiger charge is -2.46. The zero-order chi connectivity index (χ0) is 25.4. The van der Waals surface area contributed by atoms with Crippen LogP contribution < -0.4 is 4.90 Å². The van der Waals surface area contributed by atoms with E-state index in [1.165, 1.54) is 44.8 Å². The van der Waals surface area contributed by atoms with Gasteiger partial charge in [0.15, 0.2) is 0 Å². The summed E-state index contributed by atoms with van der Waals surface area (Å²) in [7, 11) is 0. The molecule has 0 amide bonds. The number of benzene rings is 6. The summed E-state index contributed by atoms with van der Waals surface area (Å²) < 4.78 is 0. The molecule has 7 rings (SSSR count). The van der Waals surface area contributed by atoms with E-state index in [-0.39, 0.29) is 0 Å². The summed E-state index contributed by atoms with van der Waals surface area (Å²) in [5, 5.41) is 0. The van der Waals surface area contributed by atoms with Crippen molar-refractivity contribution in [3.05, 3.63) is 186 Å². The monoisotopic (exact) mass is 485 g/mol. The molecule has 6 aromatic carbocycles. The van der Waals surface area contributed by atoms with Gasteiger partial charge in [-0.15, -0.1) is 0 Å². The number of hydrogen-bond donors (Lipinski definition) is 0. The molecule has 0 saturated heterocycles. The summed E-state index contributed by atoms with van der Waals surface area (Å²) >= 11 is 0. The summed E-state index contributed by atoms with van der Waals surface area (Å²) in [6.07, 6.45) is 0. The van der Waals surface area contributed by atoms with E-state index in [0.29, 0.717) is 0 Å².